The van der Waals surface area contributed by atoms with Crippen molar-refractivity contribution in [3.05, 3.63) is 62.9 Å². The van der Waals surface area contributed by atoms with E-state index in [-0.39, 0.29) is 23.0 Å². The molecule has 0 aromatic carbocycles. The van der Waals surface area contributed by atoms with Crippen molar-refractivity contribution in [3.8, 4) is 0 Å². The highest BCUT2D eigenvalue weighted by atomic mass is 32.2. The van der Waals surface area contributed by atoms with Gasteiger partial charge >= 0.3 is 0 Å². The van der Waals surface area contributed by atoms with Crippen molar-refractivity contribution in [1.82, 2.24) is 10.3 Å². The first kappa shape index (κ1) is 22.8. The number of amides is 1. The molecule has 1 amide bonds. The van der Waals surface area contributed by atoms with Gasteiger partial charge in [0.25, 0.3) is 5.91 Å². The van der Waals surface area contributed by atoms with E-state index in [1.165, 1.54) is 4.88 Å². The number of aryl methyl sites for hydroxylation is 2. The zero-order valence-corrected chi connectivity index (χ0v) is 21.0. The normalized spacial score (nSPS) is 20.2. The fourth-order valence-electron chi connectivity index (χ4n) is 4.71. The van der Waals surface area contributed by atoms with Gasteiger partial charge in [-0.05, 0) is 68.2 Å². The summed E-state index contributed by atoms with van der Waals surface area (Å²) >= 11 is 3.38. The minimum atomic E-state index is -0.382. The number of pyridine rings is 1. The molecule has 2 N–H and O–H groups in total. The number of carbonyl (C=O) groups is 2. The van der Waals surface area contributed by atoms with Crippen LogP contribution in [0.3, 0.4) is 0 Å². The standard InChI is InChI=1S/C25H29N3O2S2/c1-13-7-8-26-19(9-13)28-23(30)20-15(3)27-17-11-25(4,5)12-18(29)22(17)21(20)16-10-14(2)32-24(16)31-6/h7-10,21,27H,11-12H2,1-6H3,(H,26,28,30)/t21-/m0/s1. The van der Waals surface area contributed by atoms with Crippen molar-refractivity contribution >= 4 is 40.6 Å². The predicted molar refractivity (Wildman–Crippen MR) is 132 cm³/mol. The zero-order valence-electron chi connectivity index (χ0n) is 19.4. The molecule has 1 aliphatic heterocycles. The third-order valence-electron chi connectivity index (χ3n) is 5.99. The molecular formula is C25H29N3O2S2. The topological polar surface area (TPSA) is 71.1 Å². The van der Waals surface area contributed by atoms with Crippen molar-refractivity contribution in [2.24, 2.45) is 5.41 Å². The van der Waals surface area contributed by atoms with Gasteiger partial charge in [0.15, 0.2) is 5.78 Å². The molecule has 2 aromatic rings. The van der Waals surface area contributed by atoms with Gasteiger partial charge in [-0.3, -0.25) is 9.59 Å². The van der Waals surface area contributed by atoms with E-state index in [0.29, 0.717) is 17.8 Å². The van der Waals surface area contributed by atoms with Crippen molar-refractivity contribution in [2.75, 3.05) is 11.6 Å². The first-order valence-corrected chi connectivity index (χ1v) is 12.8. The summed E-state index contributed by atoms with van der Waals surface area (Å²) in [5.74, 6) is 0.0258. The number of anilines is 1. The summed E-state index contributed by atoms with van der Waals surface area (Å²) in [6.45, 7) is 10.2. The molecule has 1 aliphatic carbocycles. The number of nitrogens with zero attached hydrogens (tertiary/aromatic N) is 1. The first-order valence-electron chi connectivity index (χ1n) is 10.7. The van der Waals surface area contributed by atoms with Crippen molar-refractivity contribution in [2.45, 2.75) is 57.6 Å². The lowest BCUT2D eigenvalue weighted by Crippen LogP contribution is -2.39. The molecule has 0 saturated carbocycles. The van der Waals surface area contributed by atoms with Gasteiger partial charge in [0, 0.05) is 46.0 Å². The third kappa shape index (κ3) is 4.28. The smallest absolute Gasteiger partial charge is 0.255 e. The summed E-state index contributed by atoms with van der Waals surface area (Å²) in [4.78, 5) is 32.5. The number of hydrogen-bond donors (Lipinski definition) is 2. The number of aromatic nitrogens is 1. The summed E-state index contributed by atoms with van der Waals surface area (Å²) < 4.78 is 1.14. The van der Waals surface area contributed by atoms with E-state index >= 15 is 0 Å². The maximum absolute atomic E-state index is 13.6. The van der Waals surface area contributed by atoms with Crippen LogP contribution in [-0.4, -0.2) is 22.9 Å². The molecule has 5 nitrogen and oxygen atoms in total. The number of nitrogens with one attached hydrogen (secondary N) is 2. The second kappa shape index (κ2) is 8.52. The number of carbonyl (C=O) groups excluding carboxylic acids is 2. The summed E-state index contributed by atoms with van der Waals surface area (Å²) in [6.07, 6.45) is 5.00. The van der Waals surface area contributed by atoms with Gasteiger partial charge in [-0.15, -0.1) is 23.1 Å². The Morgan fingerprint density at radius 3 is 2.69 bits per heavy atom. The quantitative estimate of drug-likeness (QED) is 0.563. The molecule has 0 saturated heterocycles. The number of ketones is 1. The number of dihydropyridines is 1. The van der Waals surface area contributed by atoms with Crippen LogP contribution in [0.2, 0.25) is 0 Å². The maximum atomic E-state index is 13.6. The van der Waals surface area contributed by atoms with Crippen LogP contribution in [0.25, 0.3) is 0 Å². The molecule has 2 aliphatic rings. The molecule has 0 radical (unpaired) electrons. The van der Waals surface area contributed by atoms with Crippen molar-refractivity contribution in [3.63, 3.8) is 0 Å². The number of hydrogen-bond acceptors (Lipinski definition) is 6. The lowest BCUT2D eigenvalue weighted by molar-refractivity contribution is -0.118. The second-order valence-electron chi connectivity index (χ2n) is 9.41. The highest BCUT2D eigenvalue weighted by Crippen LogP contribution is 2.49. The first-order chi connectivity index (χ1) is 15.1. The molecule has 0 bridgehead atoms. The summed E-state index contributed by atoms with van der Waals surface area (Å²) in [5, 5.41) is 6.40. The fraction of sp³-hybridized carbons (Fsp3) is 0.400. The number of Topliss-reactive ketones (excluding diaryl/α,β-unsaturated/α-hetero) is 1. The molecule has 0 spiro atoms. The van der Waals surface area contributed by atoms with Crippen LogP contribution >= 0.6 is 23.1 Å². The second-order valence-corrected chi connectivity index (χ2v) is 11.7. The molecule has 2 aromatic heterocycles. The van der Waals surface area contributed by atoms with Gasteiger partial charge in [-0.2, -0.15) is 0 Å². The Bertz CT molecular complexity index is 1170. The van der Waals surface area contributed by atoms with Crippen LogP contribution in [0.15, 0.2) is 51.1 Å². The molecule has 7 heteroatoms. The van der Waals surface area contributed by atoms with Gasteiger partial charge in [-0.1, -0.05) is 13.8 Å². The van der Waals surface area contributed by atoms with Crippen LogP contribution in [0.4, 0.5) is 5.82 Å². The van der Waals surface area contributed by atoms with E-state index in [4.69, 9.17) is 0 Å². The van der Waals surface area contributed by atoms with E-state index < -0.39 is 0 Å². The van der Waals surface area contributed by atoms with E-state index in [1.807, 2.05) is 32.2 Å². The highest BCUT2D eigenvalue weighted by Gasteiger charge is 2.43. The van der Waals surface area contributed by atoms with E-state index in [0.717, 1.165) is 38.7 Å². The fourth-order valence-corrected chi connectivity index (χ4v) is 6.62. The summed E-state index contributed by atoms with van der Waals surface area (Å²) in [5.41, 5.74) is 5.04. The van der Waals surface area contributed by atoms with Gasteiger partial charge in [0.1, 0.15) is 5.82 Å². The summed E-state index contributed by atoms with van der Waals surface area (Å²) in [7, 11) is 0. The molecule has 1 atom stereocenters. The van der Waals surface area contributed by atoms with Crippen LogP contribution < -0.4 is 10.6 Å². The van der Waals surface area contributed by atoms with Crippen LogP contribution in [0, 0.1) is 19.3 Å². The number of rotatable bonds is 4. The van der Waals surface area contributed by atoms with E-state index in [9.17, 15) is 9.59 Å². The van der Waals surface area contributed by atoms with Crippen LogP contribution in [0.1, 0.15) is 55.5 Å². The average Bonchev–Trinajstić information content (AvgIpc) is 3.06. The van der Waals surface area contributed by atoms with Crippen molar-refractivity contribution < 1.29 is 9.59 Å². The van der Waals surface area contributed by atoms with Crippen LogP contribution in [0.5, 0.6) is 0 Å². The Kier molecular flexibility index (Phi) is 6.07. The number of thioether (sulfide) groups is 1. The molecular weight excluding hydrogens is 438 g/mol. The highest BCUT2D eigenvalue weighted by molar-refractivity contribution is 8.00. The molecule has 4 rings (SSSR count). The Morgan fingerprint density at radius 1 is 1.25 bits per heavy atom. The van der Waals surface area contributed by atoms with Gasteiger partial charge in [0.05, 0.1) is 4.21 Å². The molecule has 3 heterocycles. The molecule has 168 valence electrons. The minimum absolute atomic E-state index is 0.105. The monoisotopic (exact) mass is 467 g/mol. The van der Waals surface area contributed by atoms with Gasteiger partial charge in [0.2, 0.25) is 0 Å². The van der Waals surface area contributed by atoms with Gasteiger partial charge in [-0.25, -0.2) is 4.98 Å². The number of thiophene rings is 1. The Morgan fingerprint density at radius 2 is 2.00 bits per heavy atom. The maximum Gasteiger partial charge on any atom is 0.255 e. The Labute approximate surface area is 197 Å². The largest absolute Gasteiger partial charge is 0.362 e. The molecule has 0 fully saturated rings. The number of allylic oxidation sites excluding steroid dienone is 3. The van der Waals surface area contributed by atoms with Gasteiger partial charge < -0.3 is 10.6 Å². The Balaban J connectivity index is 1.84. The lowest BCUT2D eigenvalue weighted by Gasteiger charge is -2.39. The summed E-state index contributed by atoms with van der Waals surface area (Å²) in [6, 6.07) is 5.87. The van der Waals surface area contributed by atoms with Crippen molar-refractivity contribution in [1.29, 1.82) is 0 Å². The average molecular weight is 468 g/mol. The lowest BCUT2D eigenvalue weighted by atomic mass is 9.69. The Hall–Kier alpha value is -2.38. The predicted octanol–water partition coefficient (Wildman–Crippen LogP) is 5.72. The van der Waals surface area contributed by atoms with E-state index in [2.05, 4.69) is 42.5 Å². The van der Waals surface area contributed by atoms with Crippen LogP contribution in [-0.2, 0) is 9.59 Å². The molecule has 32 heavy (non-hydrogen) atoms. The zero-order chi connectivity index (χ0) is 23.2. The molecule has 0 unspecified atom stereocenters. The van der Waals surface area contributed by atoms with E-state index in [1.54, 1.807) is 29.3 Å². The third-order valence-corrected chi connectivity index (χ3v) is 8.20. The minimum Gasteiger partial charge on any atom is -0.362 e. The SMILES string of the molecule is CSc1sc(C)cc1[C@H]1C(C(=O)Nc2cc(C)ccn2)=C(C)NC2=C1C(=O)CC(C)(C)C2.